The number of H-pyrrole nitrogens is 1. The molecule has 0 aliphatic rings. The third-order valence-electron chi connectivity index (χ3n) is 2.59. The monoisotopic (exact) mass is 197 g/mol. The topological polar surface area (TPSA) is 28.9 Å². The van der Waals surface area contributed by atoms with Gasteiger partial charge in [-0.1, -0.05) is 12.1 Å². The molecular formula is C13H11NO. The Bertz CT molecular complexity index is 604. The van der Waals surface area contributed by atoms with E-state index in [1.54, 1.807) is 0 Å². The summed E-state index contributed by atoms with van der Waals surface area (Å²) in [7, 11) is 0. The average molecular weight is 197 g/mol. The number of aryl methyl sites for hydroxylation is 1. The maximum Gasteiger partial charge on any atom is 0.134 e. The van der Waals surface area contributed by atoms with Gasteiger partial charge < -0.3 is 9.40 Å². The molecule has 0 unspecified atom stereocenters. The first-order valence-corrected chi connectivity index (χ1v) is 4.96. The van der Waals surface area contributed by atoms with Crippen LogP contribution in [0.2, 0.25) is 0 Å². The molecule has 2 heterocycles. The van der Waals surface area contributed by atoms with Gasteiger partial charge in [-0.05, 0) is 35.9 Å². The first-order chi connectivity index (χ1) is 7.33. The van der Waals surface area contributed by atoms with Crippen molar-refractivity contribution in [2.24, 2.45) is 0 Å². The Morgan fingerprint density at radius 2 is 1.87 bits per heavy atom. The first-order valence-electron chi connectivity index (χ1n) is 4.96. The van der Waals surface area contributed by atoms with E-state index >= 15 is 0 Å². The fourth-order valence-electron chi connectivity index (χ4n) is 1.80. The van der Waals surface area contributed by atoms with E-state index < -0.39 is 0 Å². The number of nitrogens with one attached hydrogen (secondary N) is 1. The highest BCUT2D eigenvalue weighted by molar-refractivity contribution is 5.86. The van der Waals surface area contributed by atoms with Gasteiger partial charge in [0, 0.05) is 18.0 Å². The zero-order valence-corrected chi connectivity index (χ0v) is 8.45. The van der Waals surface area contributed by atoms with Crippen LogP contribution >= 0.6 is 0 Å². The highest BCUT2D eigenvalue weighted by Crippen LogP contribution is 2.25. The maximum atomic E-state index is 5.58. The molecule has 0 aliphatic carbocycles. The van der Waals surface area contributed by atoms with Gasteiger partial charge in [-0.3, -0.25) is 0 Å². The van der Waals surface area contributed by atoms with E-state index in [1.807, 2.05) is 31.5 Å². The summed E-state index contributed by atoms with van der Waals surface area (Å²) in [6.07, 6.45) is 3.99. The highest BCUT2D eigenvalue weighted by atomic mass is 16.3. The predicted molar refractivity (Wildman–Crippen MR) is 60.7 cm³/mol. The Hall–Kier alpha value is -1.96. The van der Waals surface area contributed by atoms with Gasteiger partial charge in [0.15, 0.2) is 0 Å². The van der Waals surface area contributed by atoms with Crippen LogP contribution in [-0.4, -0.2) is 4.98 Å². The molecule has 2 nitrogen and oxygen atoms in total. The van der Waals surface area contributed by atoms with Gasteiger partial charge in [0.25, 0.3) is 0 Å². The molecule has 0 spiro atoms. The molecule has 0 saturated heterocycles. The molecule has 2 heteroatoms. The van der Waals surface area contributed by atoms with Crippen LogP contribution in [0.15, 0.2) is 47.1 Å². The first kappa shape index (κ1) is 8.36. The Labute approximate surface area is 87.5 Å². The van der Waals surface area contributed by atoms with Gasteiger partial charge >= 0.3 is 0 Å². The second-order valence-electron chi connectivity index (χ2n) is 3.71. The molecule has 0 bridgehead atoms. The number of furan rings is 1. The van der Waals surface area contributed by atoms with Crippen molar-refractivity contribution in [1.29, 1.82) is 0 Å². The van der Waals surface area contributed by atoms with Crippen LogP contribution in [0.3, 0.4) is 0 Å². The van der Waals surface area contributed by atoms with Gasteiger partial charge in [-0.2, -0.15) is 0 Å². The molecule has 1 aromatic carbocycles. The third kappa shape index (κ3) is 1.34. The van der Waals surface area contributed by atoms with E-state index in [9.17, 15) is 0 Å². The minimum absolute atomic E-state index is 0.926. The lowest BCUT2D eigenvalue weighted by atomic mass is 10.1. The Kier molecular flexibility index (Phi) is 1.68. The van der Waals surface area contributed by atoms with Crippen LogP contribution in [0, 0.1) is 6.92 Å². The summed E-state index contributed by atoms with van der Waals surface area (Å²) in [4.78, 5) is 3.09. The van der Waals surface area contributed by atoms with Gasteiger partial charge in [0.2, 0.25) is 0 Å². The second-order valence-corrected chi connectivity index (χ2v) is 3.71. The van der Waals surface area contributed by atoms with E-state index in [-0.39, 0.29) is 0 Å². The summed E-state index contributed by atoms with van der Waals surface area (Å²) in [5, 5.41) is 2.43. The van der Waals surface area contributed by atoms with Crippen molar-refractivity contribution in [1.82, 2.24) is 4.98 Å². The largest absolute Gasteiger partial charge is 0.461 e. The summed E-state index contributed by atoms with van der Waals surface area (Å²) >= 11 is 0. The Morgan fingerprint density at radius 1 is 1.00 bits per heavy atom. The zero-order valence-electron chi connectivity index (χ0n) is 8.45. The lowest BCUT2D eigenvalue weighted by Crippen LogP contribution is -1.72. The SMILES string of the molecule is Cc1ccc(-c2ccc3c[nH]cc3c2)o1. The van der Waals surface area contributed by atoms with Crippen molar-refractivity contribution in [2.75, 3.05) is 0 Å². The lowest BCUT2D eigenvalue weighted by Gasteiger charge is -1.96. The molecule has 3 aromatic rings. The van der Waals surface area contributed by atoms with Gasteiger partial charge in [0.1, 0.15) is 11.5 Å². The van der Waals surface area contributed by atoms with Crippen molar-refractivity contribution in [3.63, 3.8) is 0 Å². The number of fused-ring (bicyclic) bond motifs is 1. The zero-order chi connectivity index (χ0) is 10.3. The van der Waals surface area contributed by atoms with Crippen molar-refractivity contribution >= 4 is 10.8 Å². The van der Waals surface area contributed by atoms with Crippen molar-refractivity contribution < 1.29 is 4.42 Å². The molecule has 0 aliphatic heterocycles. The molecule has 74 valence electrons. The van der Waals surface area contributed by atoms with E-state index in [2.05, 4.69) is 23.2 Å². The van der Waals surface area contributed by atoms with Crippen LogP contribution in [-0.2, 0) is 0 Å². The van der Waals surface area contributed by atoms with Crippen molar-refractivity contribution in [3.05, 3.63) is 48.5 Å². The number of benzene rings is 1. The second kappa shape index (κ2) is 3.02. The molecule has 1 N–H and O–H groups in total. The normalized spacial score (nSPS) is 11.0. The number of aromatic nitrogens is 1. The number of hydrogen-bond acceptors (Lipinski definition) is 1. The van der Waals surface area contributed by atoms with Crippen molar-refractivity contribution in [3.8, 4) is 11.3 Å². The van der Waals surface area contributed by atoms with Crippen LogP contribution in [0.5, 0.6) is 0 Å². The van der Waals surface area contributed by atoms with Crippen LogP contribution in [0.1, 0.15) is 5.76 Å². The van der Waals surface area contributed by atoms with E-state index in [0.717, 1.165) is 17.1 Å². The molecule has 0 amide bonds. The number of rotatable bonds is 1. The Morgan fingerprint density at radius 3 is 2.67 bits per heavy atom. The third-order valence-corrected chi connectivity index (χ3v) is 2.59. The van der Waals surface area contributed by atoms with Crippen LogP contribution in [0.4, 0.5) is 0 Å². The van der Waals surface area contributed by atoms with Crippen LogP contribution < -0.4 is 0 Å². The van der Waals surface area contributed by atoms with E-state index in [0.29, 0.717) is 0 Å². The standard InChI is InChI=1S/C13H11NO/c1-9-2-5-13(15-9)10-3-4-11-7-14-8-12(11)6-10/h2-8,14H,1H3. The minimum Gasteiger partial charge on any atom is -0.461 e. The predicted octanol–water partition coefficient (Wildman–Crippen LogP) is 3.74. The molecule has 2 aromatic heterocycles. The lowest BCUT2D eigenvalue weighted by molar-refractivity contribution is 0.548. The van der Waals surface area contributed by atoms with Crippen LogP contribution in [0.25, 0.3) is 22.1 Å². The molecule has 0 saturated carbocycles. The highest BCUT2D eigenvalue weighted by Gasteiger charge is 2.03. The Balaban J connectivity index is 2.18. The fourth-order valence-corrected chi connectivity index (χ4v) is 1.80. The average Bonchev–Trinajstić information content (AvgIpc) is 2.84. The molecule has 15 heavy (non-hydrogen) atoms. The summed E-state index contributed by atoms with van der Waals surface area (Å²) in [5.41, 5.74) is 1.12. The summed E-state index contributed by atoms with van der Waals surface area (Å²) < 4.78 is 5.58. The molecule has 3 rings (SSSR count). The minimum atomic E-state index is 0.926. The smallest absolute Gasteiger partial charge is 0.134 e. The van der Waals surface area contributed by atoms with E-state index in [1.165, 1.54) is 10.8 Å². The molecular weight excluding hydrogens is 186 g/mol. The van der Waals surface area contributed by atoms with Gasteiger partial charge in [0.05, 0.1) is 0 Å². The van der Waals surface area contributed by atoms with Crippen molar-refractivity contribution in [2.45, 2.75) is 6.92 Å². The van der Waals surface area contributed by atoms with Gasteiger partial charge in [-0.25, -0.2) is 0 Å². The quantitative estimate of drug-likeness (QED) is 0.632. The summed E-state index contributed by atoms with van der Waals surface area (Å²) in [5.74, 6) is 1.87. The molecule has 0 atom stereocenters. The number of aromatic amines is 1. The fraction of sp³-hybridized carbons (Fsp3) is 0.0769. The molecule has 0 radical (unpaired) electrons. The molecule has 0 fully saturated rings. The van der Waals surface area contributed by atoms with Gasteiger partial charge in [-0.15, -0.1) is 0 Å². The summed E-state index contributed by atoms with van der Waals surface area (Å²) in [6, 6.07) is 10.3. The summed E-state index contributed by atoms with van der Waals surface area (Å²) in [6.45, 7) is 1.96. The van der Waals surface area contributed by atoms with E-state index in [4.69, 9.17) is 4.42 Å². The number of hydrogen-bond donors (Lipinski definition) is 1. The maximum absolute atomic E-state index is 5.58.